The highest BCUT2D eigenvalue weighted by atomic mass is 32.2. The Morgan fingerprint density at radius 1 is 1.07 bits per heavy atom. The van der Waals surface area contributed by atoms with Gasteiger partial charge in [-0.25, -0.2) is 8.42 Å². The molecular weight excluding hydrogens is 406 g/mol. The van der Waals surface area contributed by atoms with Crippen molar-refractivity contribution in [3.8, 4) is 11.6 Å². The molecule has 2 heterocycles. The van der Waals surface area contributed by atoms with Crippen molar-refractivity contribution in [1.29, 1.82) is 0 Å². The molecule has 0 fully saturated rings. The van der Waals surface area contributed by atoms with Crippen LogP contribution in [0.25, 0.3) is 11.6 Å². The number of aromatic nitrogens is 2. The Labute approximate surface area is 176 Å². The first kappa shape index (κ1) is 21.8. The fourth-order valence-corrected chi connectivity index (χ4v) is 4.44. The Hall–Kier alpha value is -2.85. The van der Waals surface area contributed by atoms with E-state index in [4.69, 9.17) is 8.94 Å². The smallest absolute Gasteiger partial charge is 0.246 e. The fraction of sp³-hybridized carbons (Fsp3) is 0.400. The van der Waals surface area contributed by atoms with Gasteiger partial charge in [0.25, 0.3) is 0 Å². The predicted octanol–water partition coefficient (Wildman–Crippen LogP) is 3.79. The number of nitrogens with one attached hydrogen (secondary N) is 2. The number of anilines is 2. The third-order valence-electron chi connectivity index (χ3n) is 4.54. The normalized spacial score (nSPS) is 11.7. The number of furan rings is 1. The second kappa shape index (κ2) is 9.77. The molecule has 3 rings (SSSR count). The summed E-state index contributed by atoms with van der Waals surface area (Å²) in [6.45, 7) is 7.54. The van der Waals surface area contributed by atoms with Crippen molar-refractivity contribution < 1.29 is 17.4 Å². The van der Waals surface area contributed by atoms with Crippen LogP contribution in [-0.4, -0.2) is 42.5 Å². The van der Waals surface area contributed by atoms with Crippen molar-refractivity contribution >= 4 is 21.4 Å². The summed E-state index contributed by atoms with van der Waals surface area (Å²) < 4.78 is 37.8. The highest BCUT2D eigenvalue weighted by Crippen LogP contribution is 2.28. The summed E-state index contributed by atoms with van der Waals surface area (Å²) in [7, 11) is -3.57. The number of benzene rings is 1. The van der Waals surface area contributed by atoms with Crippen LogP contribution in [0.2, 0.25) is 0 Å². The zero-order valence-electron chi connectivity index (χ0n) is 17.4. The molecule has 0 amide bonds. The largest absolute Gasteiger partial charge is 0.461 e. The Bertz CT molecular complexity index is 1040. The molecule has 2 N–H and O–H groups in total. The molecule has 2 aromatic heterocycles. The molecule has 0 saturated heterocycles. The van der Waals surface area contributed by atoms with E-state index in [2.05, 4.69) is 27.7 Å². The van der Waals surface area contributed by atoms with Gasteiger partial charge in [0.1, 0.15) is 0 Å². The van der Waals surface area contributed by atoms with Gasteiger partial charge in [0.15, 0.2) is 5.76 Å². The third kappa shape index (κ3) is 4.82. The summed E-state index contributed by atoms with van der Waals surface area (Å²) in [5, 5.41) is 10.4. The maximum Gasteiger partial charge on any atom is 0.246 e. The maximum atomic E-state index is 12.9. The molecule has 0 saturated carbocycles. The van der Waals surface area contributed by atoms with Crippen LogP contribution in [-0.2, 0) is 16.6 Å². The lowest BCUT2D eigenvalue weighted by molar-refractivity contribution is 0.382. The average molecular weight is 434 g/mol. The number of hydrogen-bond donors (Lipinski definition) is 2. The van der Waals surface area contributed by atoms with Gasteiger partial charge in [-0.15, -0.1) is 0 Å². The van der Waals surface area contributed by atoms with Gasteiger partial charge in [-0.05, 0) is 36.8 Å². The summed E-state index contributed by atoms with van der Waals surface area (Å²) >= 11 is 0. The molecule has 0 radical (unpaired) electrons. The number of nitrogens with zero attached hydrogens (tertiary/aromatic N) is 3. The molecule has 0 aliphatic heterocycles. The first-order valence-electron chi connectivity index (χ1n) is 9.98. The average Bonchev–Trinajstić information content (AvgIpc) is 3.43. The summed E-state index contributed by atoms with van der Waals surface area (Å²) in [4.78, 5) is 4.54. The molecule has 0 unspecified atom stereocenters. The van der Waals surface area contributed by atoms with Gasteiger partial charge >= 0.3 is 0 Å². The quantitative estimate of drug-likeness (QED) is 0.469. The summed E-state index contributed by atoms with van der Waals surface area (Å²) in [5.41, 5.74) is 1.45. The summed E-state index contributed by atoms with van der Waals surface area (Å²) in [6, 6.07) is 8.53. The summed E-state index contributed by atoms with van der Waals surface area (Å²) in [5.74, 6) is 1.24. The van der Waals surface area contributed by atoms with E-state index < -0.39 is 10.0 Å². The molecule has 30 heavy (non-hydrogen) atoms. The third-order valence-corrected chi connectivity index (χ3v) is 6.59. The van der Waals surface area contributed by atoms with Crippen LogP contribution < -0.4 is 10.6 Å². The van der Waals surface area contributed by atoms with Crippen molar-refractivity contribution in [2.45, 2.75) is 38.6 Å². The minimum atomic E-state index is -3.57. The fourth-order valence-electron chi connectivity index (χ4n) is 2.96. The topological polar surface area (TPSA) is 114 Å². The molecule has 10 heteroatoms. The molecule has 1 aromatic carbocycles. The standard InChI is InChI=1S/C20H27N5O4S/c1-4-11-21-16-10-9-15(30(26,27)25(5-2)6-3)13-17(16)22-14-19-23-20(24-29-19)18-8-7-12-28-18/h7-10,12-13,21-22H,4-6,11,14H2,1-3H3. The molecule has 0 bridgehead atoms. The Kier molecular flexibility index (Phi) is 7.11. The van der Waals surface area contributed by atoms with Crippen LogP contribution in [0.3, 0.4) is 0 Å². The highest BCUT2D eigenvalue weighted by Gasteiger charge is 2.23. The van der Waals surface area contributed by atoms with E-state index >= 15 is 0 Å². The molecule has 0 atom stereocenters. The first-order valence-corrected chi connectivity index (χ1v) is 11.4. The minimum absolute atomic E-state index is 0.234. The summed E-state index contributed by atoms with van der Waals surface area (Å²) in [6.07, 6.45) is 2.48. The first-order chi connectivity index (χ1) is 14.5. The van der Waals surface area contributed by atoms with Crippen LogP contribution >= 0.6 is 0 Å². The molecule has 9 nitrogen and oxygen atoms in total. The molecule has 0 aliphatic carbocycles. The second-order valence-electron chi connectivity index (χ2n) is 6.57. The van der Waals surface area contributed by atoms with Gasteiger partial charge in [-0.3, -0.25) is 0 Å². The van der Waals surface area contributed by atoms with Crippen LogP contribution in [0, 0.1) is 0 Å². The highest BCUT2D eigenvalue weighted by molar-refractivity contribution is 7.89. The zero-order chi connectivity index (χ0) is 21.6. The van der Waals surface area contributed by atoms with Gasteiger partial charge in [-0.1, -0.05) is 25.9 Å². The number of hydrogen-bond acceptors (Lipinski definition) is 8. The Morgan fingerprint density at radius 2 is 1.87 bits per heavy atom. The zero-order valence-corrected chi connectivity index (χ0v) is 18.2. The van der Waals surface area contributed by atoms with Crippen molar-refractivity contribution in [2.75, 3.05) is 30.3 Å². The molecular formula is C20H27N5O4S. The predicted molar refractivity (Wildman–Crippen MR) is 115 cm³/mol. The van der Waals surface area contributed by atoms with E-state index in [9.17, 15) is 8.42 Å². The van der Waals surface area contributed by atoms with E-state index in [0.29, 0.717) is 36.3 Å². The van der Waals surface area contributed by atoms with Crippen molar-refractivity contribution in [2.24, 2.45) is 0 Å². The van der Waals surface area contributed by atoms with Gasteiger partial charge in [0.05, 0.1) is 29.1 Å². The lowest BCUT2D eigenvalue weighted by Crippen LogP contribution is -2.30. The van der Waals surface area contributed by atoms with Gasteiger partial charge < -0.3 is 19.6 Å². The van der Waals surface area contributed by atoms with Crippen molar-refractivity contribution in [3.05, 3.63) is 42.5 Å². The van der Waals surface area contributed by atoms with E-state index in [1.54, 1.807) is 30.3 Å². The van der Waals surface area contributed by atoms with Crippen LogP contribution in [0.1, 0.15) is 33.1 Å². The van der Waals surface area contributed by atoms with Crippen LogP contribution in [0.4, 0.5) is 11.4 Å². The molecule has 0 aliphatic rings. The van der Waals surface area contributed by atoms with Crippen molar-refractivity contribution in [3.63, 3.8) is 0 Å². The maximum absolute atomic E-state index is 12.9. The molecule has 3 aromatic rings. The van der Waals surface area contributed by atoms with E-state index in [-0.39, 0.29) is 11.4 Å². The van der Waals surface area contributed by atoms with Gasteiger partial charge in [-0.2, -0.15) is 9.29 Å². The van der Waals surface area contributed by atoms with Crippen molar-refractivity contribution in [1.82, 2.24) is 14.4 Å². The van der Waals surface area contributed by atoms with Gasteiger partial charge in [0.2, 0.25) is 21.7 Å². The van der Waals surface area contributed by atoms with Gasteiger partial charge in [0, 0.05) is 19.6 Å². The lowest BCUT2D eigenvalue weighted by Gasteiger charge is -2.20. The number of rotatable bonds is 11. The number of sulfonamides is 1. The lowest BCUT2D eigenvalue weighted by atomic mass is 10.2. The van der Waals surface area contributed by atoms with Crippen LogP contribution in [0.5, 0.6) is 0 Å². The molecule has 0 spiro atoms. The Balaban J connectivity index is 1.84. The van der Waals surface area contributed by atoms with E-state index in [1.165, 1.54) is 10.6 Å². The SMILES string of the molecule is CCCNc1ccc(S(=O)(=O)N(CC)CC)cc1NCc1nc(-c2ccco2)no1. The van der Waals surface area contributed by atoms with E-state index in [1.807, 2.05) is 13.8 Å². The Morgan fingerprint density at radius 3 is 2.53 bits per heavy atom. The second-order valence-corrected chi connectivity index (χ2v) is 8.50. The minimum Gasteiger partial charge on any atom is -0.461 e. The molecule has 162 valence electrons. The van der Waals surface area contributed by atoms with Crippen LogP contribution in [0.15, 0.2) is 50.4 Å². The van der Waals surface area contributed by atoms with E-state index in [0.717, 1.165) is 18.7 Å². The monoisotopic (exact) mass is 433 g/mol.